The smallest absolute Gasteiger partial charge is 0.422 e. The summed E-state index contributed by atoms with van der Waals surface area (Å²) in [4.78, 5) is 13.3. The van der Waals surface area contributed by atoms with E-state index in [0.29, 0.717) is 6.61 Å². The Hall–Kier alpha value is -2.73. The number of carbonyl (C=O) groups is 1. The van der Waals surface area contributed by atoms with E-state index in [4.69, 9.17) is 4.74 Å². The van der Waals surface area contributed by atoms with Crippen molar-refractivity contribution in [2.75, 3.05) is 6.61 Å². The minimum absolute atomic E-state index is 0.0314. The third-order valence-corrected chi connectivity index (χ3v) is 3.37. The number of carbonyl (C=O) groups excluding carboxylic acids is 1. The summed E-state index contributed by atoms with van der Waals surface area (Å²) in [5.41, 5.74) is 2.06. The lowest BCUT2D eigenvalue weighted by Gasteiger charge is -2.14. The van der Waals surface area contributed by atoms with Crippen LogP contribution in [0.4, 0.5) is 4.79 Å². The predicted octanol–water partition coefficient (Wildman–Crippen LogP) is 3.06. The fourth-order valence-corrected chi connectivity index (χ4v) is 2.28. The van der Waals surface area contributed by atoms with Gasteiger partial charge in [0.2, 0.25) is 0 Å². The molecule has 1 fully saturated rings. The summed E-state index contributed by atoms with van der Waals surface area (Å²) in [5.74, 6) is 3.01. The van der Waals surface area contributed by atoms with Crippen LogP contribution in [0.25, 0.3) is 0 Å². The number of hydrogen-bond acceptors (Lipinski definition) is 2. The first-order valence-electron chi connectivity index (χ1n) is 6.89. The van der Waals surface area contributed by atoms with Gasteiger partial charge in [-0.15, -0.1) is 0 Å². The van der Waals surface area contributed by atoms with Gasteiger partial charge in [0.25, 0.3) is 0 Å². The van der Waals surface area contributed by atoms with Crippen LogP contribution >= 0.6 is 0 Å². The molecule has 104 valence electrons. The van der Waals surface area contributed by atoms with Crippen LogP contribution in [-0.2, 0) is 11.2 Å². The topological polar surface area (TPSA) is 29.5 Å². The van der Waals surface area contributed by atoms with Crippen molar-refractivity contribution in [2.24, 2.45) is 0 Å². The Morgan fingerprint density at radius 1 is 1.05 bits per heavy atom. The number of amides is 1. The molecule has 0 unspecified atom stereocenters. The highest BCUT2D eigenvalue weighted by molar-refractivity contribution is 5.72. The second kappa shape index (κ2) is 6.15. The highest BCUT2D eigenvalue weighted by atomic mass is 16.6. The minimum atomic E-state index is -0.362. The molecule has 2 aromatic carbocycles. The number of rotatable bonds is 2. The van der Waals surface area contributed by atoms with Crippen LogP contribution in [0.15, 0.2) is 60.7 Å². The Labute approximate surface area is 124 Å². The maximum absolute atomic E-state index is 11.8. The summed E-state index contributed by atoms with van der Waals surface area (Å²) >= 11 is 0. The Kier molecular flexibility index (Phi) is 3.88. The molecule has 3 nitrogen and oxygen atoms in total. The zero-order valence-corrected chi connectivity index (χ0v) is 11.5. The molecule has 0 bridgehead atoms. The number of cyclic esters (lactones) is 1. The summed E-state index contributed by atoms with van der Waals surface area (Å²) < 4.78 is 5.12. The number of ether oxygens (including phenoxy) is 1. The van der Waals surface area contributed by atoms with Crippen LogP contribution in [0, 0.1) is 12.0 Å². The van der Waals surface area contributed by atoms with E-state index in [-0.39, 0.29) is 12.1 Å². The van der Waals surface area contributed by atoms with Crippen molar-refractivity contribution in [1.82, 2.24) is 4.90 Å². The molecule has 1 aliphatic rings. The summed E-state index contributed by atoms with van der Waals surface area (Å²) in [6.07, 6.45) is 0.384. The zero-order chi connectivity index (χ0) is 14.5. The van der Waals surface area contributed by atoms with Crippen molar-refractivity contribution < 1.29 is 9.53 Å². The number of hydrogen-bond donors (Lipinski definition) is 0. The van der Waals surface area contributed by atoms with Gasteiger partial charge in [-0.3, -0.25) is 0 Å². The molecule has 2 aromatic rings. The maximum Gasteiger partial charge on any atom is 0.422 e. The first-order valence-corrected chi connectivity index (χ1v) is 6.89. The van der Waals surface area contributed by atoms with Gasteiger partial charge in [-0.05, 0) is 30.0 Å². The Bertz CT molecular complexity index is 671. The number of nitrogens with zero attached hydrogens (tertiary/aromatic N) is 1. The molecular weight excluding hydrogens is 262 g/mol. The van der Waals surface area contributed by atoms with E-state index < -0.39 is 0 Å². The average molecular weight is 277 g/mol. The standard InChI is InChI=1S/C18H15NO2/c20-18-19(12-11-15-7-3-1-4-8-15)17(14-21-18)13-16-9-5-2-6-10-16/h1-10,17H,13-14H2/t17-/m0/s1. The SMILES string of the molecule is O=C1OC[C@H](Cc2ccccc2)N1C#Cc1ccccc1. The normalized spacial score (nSPS) is 17.0. The lowest BCUT2D eigenvalue weighted by molar-refractivity contribution is 0.167. The fourth-order valence-electron chi connectivity index (χ4n) is 2.28. The van der Waals surface area contributed by atoms with Crippen LogP contribution in [0.5, 0.6) is 0 Å². The molecule has 0 N–H and O–H groups in total. The molecule has 0 aliphatic carbocycles. The van der Waals surface area contributed by atoms with E-state index >= 15 is 0 Å². The molecule has 0 aromatic heterocycles. The first-order chi connectivity index (χ1) is 10.3. The van der Waals surface area contributed by atoms with E-state index in [0.717, 1.165) is 12.0 Å². The van der Waals surface area contributed by atoms with Gasteiger partial charge in [-0.1, -0.05) is 48.5 Å². The zero-order valence-electron chi connectivity index (χ0n) is 11.5. The molecular formula is C18H15NO2. The molecule has 0 radical (unpaired) electrons. The Morgan fingerprint density at radius 3 is 2.43 bits per heavy atom. The quantitative estimate of drug-likeness (QED) is 0.790. The van der Waals surface area contributed by atoms with Crippen molar-refractivity contribution in [3.63, 3.8) is 0 Å². The van der Waals surface area contributed by atoms with Crippen molar-refractivity contribution in [1.29, 1.82) is 0 Å². The molecule has 3 heteroatoms. The summed E-state index contributed by atoms with van der Waals surface area (Å²) in [5, 5.41) is 0. The maximum atomic E-state index is 11.8. The number of benzene rings is 2. The van der Waals surface area contributed by atoms with Crippen molar-refractivity contribution in [3.05, 3.63) is 71.8 Å². The largest absolute Gasteiger partial charge is 0.446 e. The molecule has 1 saturated heterocycles. The van der Waals surface area contributed by atoms with Gasteiger partial charge in [0, 0.05) is 11.6 Å². The molecule has 1 aliphatic heterocycles. The van der Waals surface area contributed by atoms with Gasteiger partial charge in [0.05, 0.1) is 6.04 Å². The lowest BCUT2D eigenvalue weighted by Crippen LogP contribution is -2.30. The summed E-state index contributed by atoms with van der Waals surface area (Å²) in [6, 6.07) is 22.6. The lowest BCUT2D eigenvalue weighted by atomic mass is 10.1. The second-order valence-electron chi connectivity index (χ2n) is 4.89. The van der Waals surface area contributed by atoms with Gasteiger partial charge in [0.1, 0.15) is 6.61 Å². The summed E-state index contributed by atoms with van der Waals surface area (Å²) in [7, 11) is 0. The van der Waals surface area contributed by atoms with Crippen LogP contribution in [0.2, 0.25) is 0 Å². The molecule has 3 rings (SSSR count). The van der Waals surface area contributed by atoms with E-state index in [2.05, 4.69) is 12.0 Å². The van der Waals surface area contributed by atoms with Gasteiger partial charge in [0.15, 0.2) is 0 Å². The first kappa shape index (κ1) is 13.3. The molecule has 1 heterocycles. The van der Waals surface area contributed by atoms with Crippen molar-refractivity contribution >= 4 is 6.09 Å². The molecule has 1 atom stereocenters. The molecule has 1 amide bonds. The predicted molar refractivity (Wildman–Crippen MR) is 80.4 cm³/mol. The minimum Gasteiger partial charge on any atom is -0.446 e. The summed E-state index contributed by atoms with van der Waals surface area (Å²) in [6.45, 7) is 0.386. The highest BCUT2D eigenvalue weighted by Crippen LogP contribution is 2.16. The second-order valence-corrected chi connectivity index (χ2v) is 4.89. The van der Waals surface area contributed by atoms with Crippen molar-refractivity contribution in [3.8, 4) is 12.0 Å². The van der Waals surface area contributed by atoms with E-state index in [1.54, 1.807) is 0 Å². The molecule has 0 spiro atoms. The highest BCUT2D eigenvalue weighted by Gasteiger charge is 2.32. The van der Waals surface area contributed by atoms with E-state index in [1.807, 2.05) is 60.7 Å². The van der Waals surface area contributed by atoms with Crippen molar-refractivity contribution in [2.45, 2.75) is 12.5 Å². The average Bonchev–Trinajstić information content (AvgIpc) is 2.87. The Balaban J connectivity index is 1.76. The van der Waals surface area contributed by atoms with Gasteiger partial charge in [-0.2, -0.15) is 0 Å². The van der Waals surface area contributed by atoms with Crippen LogP contribution in [0.1, 0.15) is 11.1 Å². The van der Waals surface area contributed by atoms with Crippen LogP contribution < -0.4 is 0 Å². The fraction of sp³-hybridized carbons (Fsp3) is 0.167. The van der Waals surface area contributed by atoms with Gasteiger partial charge >= 0.3 is 6.09 Å². The molecule has 0 saturated carbocycles. The third kappa shape index (κ3) is 3.24. The van der Waals surface area contributed by atoms with Crippen LogP contribution in [-0.4, -0.2) is 23.6 Å². The van der Waals surface area contributed by atoms with Gasteiger partial charge < -0.3 is 4.74 Å². The monoisotopic (exact) mass is 277 g/mol. The Morgan fingerprint density at radius 2 is 1.71 bits per heavy atom. The van der Waals surface area contributed by atoms with E-state index in [9.17, 15) is 4.79 Å². The van der Waals surface area contributed by atoms with E-state index in [1.165, 1.54) is 10.5 Å². The van der Waals surface area contributed by atoms with Gasteiger partial charge in [-0.25, -0.2) is 9.69 Å². The third-order valence-electron chi connectivity index (χ3n) is 3.37. The molecule has 21 heavy (non-hydrogen) atoms. The van der Waals surface area contributed by atoms with Crippen LogP contribution in [0.3, 0.4) is 0 Å².